The van der Waals surface area contributed by atoms with Gasteiger partial charge in [-0.15, -0.1) is 0 Å². The minimum absolute atomic E-state index is 0.249. The van der Waals surface area contributed by atoms with E-state index in [4.69, 9.17) is 0 Å². The summed E-state index contributed by atoms with van der Waals surface area (Å²) in [6.07, 6.45) is 9.76. The van der Waals surface area contributed by atoms with Crippen molar-refractivity contribution in [2.24, 2.45) is 0 Å². The van der Waals surface area contributed by atoms with Crippen LogP contribution in [0.25, 0.3) is 0 Å². The number of allylic oxidation sites excluding steroid dienone is 1. The molecular formula is C14H25NO3. The van der Waals surface area contributed by atoms with Crippen LogP contribution in [0.4, 0.5) is 0 Å². The van der Waals surface area contributed by atoms with E-state index in [0.717, 1.165) is 19.3 Å². The van der Waals surface area contributed by atoms with E-state index in [2.05, 4.69) is 17.0 Å². The molecule has 0 rings (SSSR count). The number of ether oxygens (including phenoxy) is 1. The zero-order valence-electron chi connectivity index (χ0n) is 11.8. The average molecular weight is 255 g/mol. The molecule has 1 N–H and O–H groups in total. The number of hydrogen-bond donors (Lipinski definition) is 1. The molecule has 0 fully saturated rings. The first-order chi connectivity index (χ1) is 8.61. The number of unbranched alkanes of at least 4 members (excludes halogenated alkanes) is 6. The lowest BCUT2D eigenvalue weighted by Crippen LogP contribution is -2.25. The van der Waals surface area contributed by atoms with Gasteiger partial charge in [-0.2, -0.15) is 0 Å². The molecule has 0 bridgehead atoms. The molecule has 0 saturated carbocycles. The van der Waals surface area contributed by atoms with Crippen molar-refractivity contribution in [2.45, 2.75) is 58.8 Å². The number of methoxy groups -OCH3 is 1. The van der Waals surface area contributed by atoms with E-state index in [1.54, 1.807) is 6.08 Å². The maximum Gasteiger partial charge on any atom is 0.354 e. The van der Waals surface area contributed by atoms with Crippen molar-refractivity contribution < 1.29 is 14.3 Å². The van der Waals surface area contributed by atoms with Crippen LogP contribution in [-0.4, -0.2) is 19.0 Å². The Bertz CT molecular complexity index is 285. The SMILES string of the molecule is CCCCCCCC/C=C(\NC(C)=O)C(=O)OC. The van der Waals surface area contributed by atoms with Gasteiger partial charge in [0.1, 0.15) is 5.70 Å². The summed E-state index contributed by atoms with van der Waals surface area (Å²) in [6.45, 7) is 3.57. The molecule has 1 amide bonds. The topological polar surface area (TPSA) is 55.4 Å². The Balaban J connectivity index is 3.93. The van der Waals surface area contributed by atoms with Gasteiger partial charge < -0.3 is 10.1 Å². The van der Waals surface area contributed by atoms with Crippen LogP contribution in [0.1, 0.15) is 58.8 Å². The van der Waals surface area contributed by atoms with Crippen LogP contribution in [0.5, 0.6) is 0 Å². The van der Waals surface area contributed by atoms with Crippen LogP contribution < -0.4 is 5.32 Å². The summed E-state index contributed by atoms with van der Waals surface area (Å²) in [4.78, 5) is 22.3. The summed E-state index contributed by atoms with van der Waals surface area (Å²) in [5.74, 6) is -0.745. The Morgan fingerprint density at radius 3 is 2.28 bits per heavy atom. The zero-order chi connectivity index (χ0) is 13.8. The van der Waals surface area contributed by atoms with Crippen LogP contribution in [0.3, 0.4) is 0 Å². The molecule has 0 spiro atoms. The fourth-order valence-corrected chi connectivity index (χ4v) is 1.66. The molecule has 0 aromatic carbocycles. The van der Waals surface area contributed by atoms with E-state index in [-0.39, 0.29) is 11.6 Å². The van der Waals surface area contributed by atoms with Crippen LogP contribution in [0.2, 0.25) is 0 Å². The van der Waals surface area contributed by atoms with Gasteiger partial charge in [0.15, 0.2) is 0 Å². The molecule has 18 heavy (non-hydrogen) atoms. The number of esters is 1. The lowest BCUT2D eigenvalue weighted by Gasteiger charge is -2.05. The lowest BCUT2D eigenvalue weighted by molar-refractivity contribution is -0.137. The Labute approximate surface area is 110 Å². The number of carbonyl (C=O) groups excluding carboxylic acids is 2. The number of carbonyl (C=O) groups is 2. The average Bonchev–Trinajstić information content (AvgIpc) is 2.34. The molecule has 4 nitrogen and oxygen atoms in total. The zero-order valence-corrected chi connectivity index (χ0v) is 11.8. The molecule has 0 aliphatic carbocycles. The second kappa shape index (κ2) is 10.8. The highest BCUT2D eigenvalue weighted by Gasteiger charge is 2.09. The quantitative estimate of drug-likeness (QED) is 0.391. The third kappa shape index (κ3) is 8.79. The van der Waals surface area contributed by atoms with Gasteiger partial charge in [0.05, 0.1) is 7.11 Å². The molecular weight excluding hydrogens is 230 g/mol. The molecule has 0 aliphatic heterocycles. The smallest absolute Gasteiger partial charge is 0.354 e. The van der Waals surface area contributed by atoms with Crippen molar-refractivity contribution in [3.8, 4) is 0 Å². The molecule has 104 valence electrons. The maximum absolute atomic E-state index is 11.3. The third-order valence-corrected chi connectivity index (χ3v) is 2.62. The summed E-state index contributed by atoms with van der Waals surface area (Å²) < 4.78 is 4.60. The Morgan fingerprint density at radius 1 is 1.11 bits per heavy atom. The molecule has 0 aliphatic rings. The van der Waals surface area contributed by atoms with E-state index in [9.17, 15) is 9.59 Å². The molecule has 0 aromatic rings. The highest BCUT2D eigenvalue weighted by atomic mass is 16.5. The predicted molar refractivity (Wildman–Crippen MR) is 71.9 cm³/mol. The fourth-order valence-electron chi connectivity index (χ4n) is 1.66. The number of hydrogen-bond acceptors (Lipinski definition) is 3. The van der Waals surface area contributed by atoms with E-state index < -0.39 is 5.97 Å². The van der Waals surface area contributed by atoms with Gasteiger partial charge in [-0.3, -0.25) is 4.79 Å². The van der Waals surface area contributed by atoms with Gasteiger partial charge in [-0.25, -0.2) is 4.79 Å². The summed E-state index contributed by atoms with van der Waals surface area (Å²) in [7, 11) is 1.31. The molecule has 0 saturated heterocycles. The number of amides is 1. The van der Waals surface area contributed by atoms with Gasteiger partial charge in [-0.05, 0) is 12.8 Å². The predicted octanol–water partition coefficient (Wildman–Crippen LogP) is 2.93. The minimum Gasteiger partial charge on any atom is -0.464 e. The molecule has 0 atom stereocenters. The molecule has 4 heteroatoms. The van der Waals surface area contributed by atoms with Crippen molar-refractivity contribution in [1.29, 1.82) is 0 Å². The summed E-state index contributed by atoms with van der Waals surface area (Å²) >= 11 is 0. The van der Waals surface area contributed by atoms with Gasteiger partial charge >= 0.3 is 5.97 Å². The molecule has 0 heterocycles. The Kier molecular flexibility index (Phi) is 10.0. The summed E-state index contributed by atoms with van der Waals surface area (Å²) in [6, 6.07) is 0. The van der Waals surface area contributed by atoms with Gasteiger partial charge in [0.2, 0.25) is 5.91 Å². The van der Waals surface area contributed by atoms with Gasteiger partial charge in [0, 0.05) is 6.92 Å². The monoisotopic (exact) mass is 255 g/mol. The van der Waals surface area contributed by atoms with Crippen molar-refractivity contribution in [3.63, 3.8) is 0 Å². The minimum atomic E-state index is -0.490. The second-order valence-corrected chi connectivity index (χ2v) is 4.35. The fraction of sp³-hybridized carbons (Fsp3) is 0.714. The van der Waals surface area contributed by atoms with Crippen LogP contribution >= 0.6 is 0 Å². The molecule has 0 aromatic heterocycles. The molecule has 0 unspecified atom stereocenters. The van der Waals surface area contributed by atoms with Crippen LogP contribution in [0.15, 0.2) is 11.8 Å². The third-order valence-electron chi connectivity index (χ3n) is 2.62. The highest BCUT2D eigenvalue weighted by molar-refractivity contribution is 5.93. The number of rotatable bonds is 9. The van der Waals surface area contributed by atoms with Gasteiger partial charge in [-0.1, -0.05) is 45.1 Å². The van der Waals surface area contributed by atoms with Crippen molar-refractivity contribution in [1.82, 2.24) is 5.32 Å². The van der Waals surface area contributed by atoms with Crippen molar-refractivity contribution >= 4 is 11.9 Å². The highest BCUT2D eigenvalue weighted by Crippen LogP contribution is 2.08. The van der Waals surface area contributed by atoms with E-state index in [0.29, 0.717) is 0 Å². The van der Waals surface area contributed by atoms with Gasteiger partial charge in [0.25, 0.3) is 0 Å². The van der Waals surface area contributed by atoms with E-state index in [1.165, 1.54) is 39.7 Å². The van der Waals surface area contributed by atoms with E-state index in [1.807, 2.05) is 0 Å². The summed E-state index contributed by atoms with van der Waals surface area (Å²) in [5.41, 5.74) is 0.249. The van der Waals surface area contributed by atoms with Crippen LogP contribution in [0, 0.1) is 0 Å². The first-order valence-corrected chi connectivity index (χ1v) is 6.67. The van der Waals surface area contributed by atoms with Crippen molar-refractivity contribution in [3.05, 3.63) is 11.8 Å². The maximum atomic E-state index is 11.3. The summed E-state index contributed by atoms with van der Waals surface area (Å²) in [5, 5.41) is 2.49. The second-order valence-electron chi connectivity index (χ2n) is 4.35. The lowest BCUT2D eigenvalue weighted by atomic mass is 10.1. The Morgan fingerprint density at radius 2 is 1.72 bits per heavy atom. The normalized spacial score (nSPS) is 11.2. The largest absolute Gasteiger partial charge is 0.464 e. The van der Waals surface area contributed by atoms with Crippen molar-refractivity contribution in [2.75, 3.05) is 7.11 Å². The van der Waals surface area contributed by atoms with E-state index >= 15 is 0 Å². The number of nitrogens with one attached hydrogen (secondary N) is 1. The molecule has 0 radical (unpaired) electrons. The Hall–Kier alpha value is -1.32. The first kappa shape index (κ1) is 16.7. The first-order valence-electron chi connectivity index (χ1n) is 6.67. The standard InChI is InChI=1S/C14H25NO3/c1-4-5-6-7-8-9-10-11-13(14(17)18-3)15-12(2)16/h11H,4-10H2,1-3H3,(H,15,16)/b13-11-. The van der Waals surface area contributed by atoms with Crippen LogP contribution in [-0.2, 0) is 14.3 Å².